The fraction of sp³-hybridized carbons (Fsp3) is 0.929. The van der Waals surface area contributed by atoms with E-state index < -0.39 is 4.33 Å². The van der Waals surface area contributed by atoms with Crippen molar-refractivity contribution in [1.82, 2.24) is 10.2 Å². The molecule has 2 aliphatic rings. The number of morpholine rings is 1. The quantitative estimate of drug-likeness (QED) is 0.807. The van der Waals surface area contributed by atoms with Crippen LogP contribution in [0.3, 0.4) is 0 Å². The molecule has 0 bridgehead atoms. The molecule has 0 aromatic heterocycles. The number of alkyl halides is 2. The van der Waals surface area contributed by atoms with Crippen LogP contribution >= 0.6 is 23.2 Å². The lowest BCUT2D eigenvalue weighted by molar-refractivity contribution is -0.124. The summed E-state index contributed by atoms with van der Waals surface area (Å²) in [7, 11) is 0. The Morgan fingerprint density at radius 2 is 1.85 bits per heavy atom. The van der Waals surface area contributed by atoms with E-state index in [4.69, 9.17) is 27.9 Å². The maximum Gasteiger partial charge on any atom is 0.226 e. The van der Waals surface area contributed by atoms with Crippen LogP contribution in [0.25, 0.3) is 0 Å². The van der Waals surface area contributed by atoms with Crippen molar-refractivity contribution in [2.45, 2.75) is 56.2 Å². The second-order valence-corrected chi connectivity index (χ2v) is 8.25. The maximum absolute atomic E-state index is 12.0. The minimum absolute atomic E-state index is 0.0440. The third-order valence-corrected chi connectivity index (χ3v) is 4.95. The van der Waals surface area contributed by atoms with Crippen LogP contribution in [0.1, 0.15) is 34.1 Å². The maximum atomic E-state index is 12.0. The standard InChI is InChI=1S/C14H24Cl2N2O2/c1-9-6-18(7-10(2)20-9)13(3,4)8-17-12(19)11-5-14(11,15)16/h9-11H,5-8H2,1-4H3,(H,17,19). The fourth-order valence-electron chi connectivity index (χ4n) is 2.71. The summed E-state index contributed by atoms with van der Waals surface area (Å²) in [6, 6.07) is 0. The number of halogens is 2. The van der Waals surface area contributed by atoms with Gasteiger partial charge >= 0.3 is 0 Å². The Hall–Kier alpha value is -0.0300. The molecule has 6 heteroatoms. The van der Waals surface area contributed by atoms with Gasteiger partial charge in [-0.1, -0.05) is 0 Å². The molecule has 1 aliphatic carbocycles. The Kier molecular flexibility index (Phi) is 4.60. The van der Waals surface area contributed by atoms with Gasteiger partial charge in [0.15, 0.2) is 0 Å². The van der Waals surface area contributed by atoms with Gasteiger partial charge in [0.25, 0.3) is 0 Å². The predicted molar refractivity (Wildman–Crippen MR) is 81.2 cm³/mol. The van der Waals surface area contributed by atoms with Crippen molar-refractivity contribution in [3.63, 3.8) is 0 Å². The van der Waals surface area contributed by atoms with Crippen LogP contribution in [-0.4, -0.2) is 52.5 Å². The van der Waals surface area contributed by atoms with Crippen LogP contribution in [-0.2, 0) is 9.53 Å². The van der Waals surface area contributed by atoms with E-state index in [-0.39, 0.29) is 29.6 Å². The lowest BCUT2D eigenvalue weighted by Crippen LogP contribution is -2.58. The zero-order valence-corrected chi connectivity index (χ0v) is 14.1. The number of carbonyl (C=O) groups excluding carboxylic acids is 1. The minimum atomic E-state index is -0.851. The lowest BCUT2D eigenvalue weighted by Gasteiger charge is -2.45. The largest absolute Gasteiger partial charge is 0.373 e. The molecule has 1 saturated heterocycles. The molecule has 0 radical (unpaired) electrons. The Morgan fingerprint density at radius 3 is 2.30 bits per heavy atom. The third kappa shape index (κ3) is 3.79. The molecular weight excluding hydrogens is 299 g/mol. The Morgan fingerprint density at radius 1 is 1.35 bits per heavy atom. The number of amides is 1. The Bertz CT molecular complexity index is 377. The van der Waals surface area contributed by atoms with Crippen molar-refractivity contribution in [1.29, 1.82) is 0 Å². The van der Waals surface area contributed by atoms with Gasteiger partial charge < -0.3 is 10.1 Å². The number of hydrogen-bond acceptors (Lipinski definition) is 3. The first-order valence-electron chi connectivity index (χ1n) is 7.18. The molecule has 2 fully saturated rings. The van der Waals surface area contributed by atoms with E-state index in [1.165, 1.54) is 0 Å². The van der Waals surface area contributed by atoms with E-state index in [1.807, 2.05) is 0 Å². The molecule has 3 atom stereocenters. The van der Waals surface area contributed by atoms with Crippen LogP contribution in [0.5, 0.6) is 0 Å². The third-order valence-electron chi connectivity index (χ3n) is 4.11. The molecule has 4 nitrogen and oxygen atoms in total. The van der Waals surface area contributed by atoms with E-state index in [0.717, 1.165) is 13.1 Å². The van der Waals surface area contributed by atoms with E-state index in [0.29, 0.717) is 13.0 Å². The highest BCUT2D eigenvalue weighted by atomic mass is 35.5. The summed E-state index contributed by atoms with van der Waals surface area (Å²) in [6.45, 7) is 10.8. The molecule has 1 heterocycles. The minimum Gasteiger partial charge on any atom is -0.373 e. The van der Waals surface area contributed by atoms with Gasteiger partial charge in [-0.15, -0.1) is 23.2 Å². The summed E-state index contributed by atoms with van der Waals surface area (Å²) in [5.41, 5.74) is -0.113. The van der Waals surface area contributed by atoms with Crippen LogP contribution in [0, 0.1) is 5.92 Å². The molecule has 1 aliphatic heterocycles. The zero-order chi connectivity index (χ0) is 15.1. The average molecular weight is 323 g/mol. The molecule has 1 N–H and O–H groups in total. The lowest BCUT2D eigenvalue weighted by atomic mass is 10.00. The smallest absolute Gasteiger partial charge is 0.226 e. The predicted octanol–water partition coefficient (Wildman–Crippen LogP) is 2.18. The number of carbonyl (C=O) groups is 1. The van der Waals surface area contributed by atoms with Gasteiger partial charge in [-0.2, -0.15) is 0 Å². The second kappa shape index (κ2) is 5.64. The van der Waals surface area contributed by atoms with Gasteiger partial charge in [-0.25, -0.2) is 0 Å². The van der Waals surface area contributed by atoms with Crippen LogP contribution < -0.4 is 5.32 Å². The van der Waals surface area contributed by atoms with E-state index in [2.05, 4.69) is 37.9 Å². The summed E-state index contributed by atoms with van der Waals surface area (Å²) in [6.07, 6.45) is 0.986. The van der Waals surface area contributed by atoms with Gasteiger partial charge in [0.05, 0.1) is 18.1 Å². The first-order valence-corrected chi connectivity index (χ1v) is 7.93. The molecule has 3 unspecified atom stereocenters. The highest BCUT2D eigenvalue weighted by Gasteiger charge is 2.56. The highest BCUT2D eigenvalue weighted by Crippen LogP contribution is 2.53. The topological polar surface area (TPSA) is 41.6 Å². The highest BCUT2D eigenvalue weighted by molar-refractivity contribution is 6.52. The van der Waals surface area contributed by atoms with Gasteiger partial charge in [-0.3, -0.25) is 9.69 Å². The molecule has 2 rings (SSSR count). The van der Waals surface area contributed by atoms with Gasteiger partial charge in [0.2, 0.25) is 5.91 Å². The van der Waals surface area contributed by atoms with Crippen molar-refractivity contribution in [3.05, 3.63) is 0 Å². The molecule has 0 aromatic carbocycles. The molecular formula is C14H24Cl2N2O2. The number of nitrogens with one attached hydrogen (secondary N) is 1. The Labute approximate surface area is 131 Å². The van der Waals surface area contributed by atoms with Gasteiger partial charge in [0.1, 0.15) is 4.33 Å². The SMILES string of the molecule is CC1CN(C(C)(C)CNC(=O)C2CC2(Cl)Cl)CC(C)O1. The van der Waals surface area contributed by atoms with Crippen molar-refractivity contribution in [2.75, 3.05) is 19.6 Å². The number of ether oxygens (including phenoxy) is 1. The Balaban J connectivity index is 1.85. The van der Waals surface area contributed by atoms with Crippen LogP contribution in [0.4, 0.5) is 0 Å². The van der Waals surface area contributed by atoms with E-state index in [9.17, 15) is 4.79 Å². The molecule has 116 valence electrons. The van der Waals surface area contributed by atoms with E-state index >= 15 is 0 Å². The van der Waals surface area contributed by atoms with E-state index in [1.54, 1.807) is 0 Å². The van der Waals surface area contributed by atoms with Gasteiger partial charge in [0, 0.05) is 25.2 Å². The summed E-state index contributed by atoms with van der Waals surface area (Å²) in [5.74, 6) is -0.304. The van der Waals surface area contributed by atoms with Gasteiger partial charge in [-0.05, 0) is 34.1 Å². The van der Waals surface area contributed by atoms with Crippen LogP contribution in [0.15, 0.2) is 0 Å². The molecule has 20 heavy (non-hydrogen) atoms. The monoisotopic (exact) mass is 322 g/mol. The second-order valence-electron chi connectivity index (χ2n) is 6.71. The zero-order valence-electron chi connectivity index (χ0n) is 12.6. The van der Waals surface area contributed by atoms with Crippen molar-refractivity contribution < 1.29 is 9.53 Å². The molecule has 0 spiro atoms. The number of nitrogens with zero attached hydrogens (tertiary/aromatic N) is 1. The van der Waals surface area contributed by atoms with Crippen molar-refractivity contribution in [2.24, 2.45) is 5.92 Å². The number of rotatable bonds is 4. The summed E-state index contributed by atoms with van der Waals surface area (Å²) >= 11 is 11.8. The average Bonchev–Trinajstić information content (AvgIpc) is 2.94. The van der Waals surface area contributed by atoms with Crippen molar-refractivity contribution in [3.8, 4) is 0 Å². The normalized spacial score (nSPS) is 33.8. The summed E-state index contributed by atoms with van der Waals surface area (Å²) in [5, 5.41) is 2.98. The number of hydrogen-bond donors (Lipinski definition) is 1. The molecule has 1 amide bonds. The first-order chi connectivity index (χ1) is 9.12. The molecule has 0 aromatic rings. The summed E-state index contributed by atoms with van der Waals surface area (Å²) in [4.78, 5) is 14.3. The molecule has 1 saturated carbocycles. The summed E-state index contributed by atoms with van der Waals surface area (Å²) < 4.78 is 4.90. The van der Waals surface area contributed by atoms with Crippen molar-refractivity contribution >= 4 is 29.1 Å². The first kappa shape index (κ1) is 16.3. The fourth-order valence-corrected chi connectivity index (χ4v) is 3.22. The van der Waals surface area contributed by atoms with Crippen LogP contribution in [0.2, 0.25) is 0 Å².